The Morgan fingerprint density at radius 2 is 1.72 bits per heavy atom. The number of anilines is 2. The van der Waals surface area contributed by atoms with Gasteiger partial charge in [-0.1, -0.05) is 18.2 Å². The van der Waals surface area contributed by atoms with Crippen LogP contribution in [0, 0.1) is 18.8 Å². The molecule has 3 atom stereocenters. The molecule has 3 unspecified atom stereocenters. The number of aromatic carboxylic acids is 1. The van der Waals surface area contributed by atoms with Gasteiger partial charge in [0.2, 0.25) is 5.95 Å². The Morgan fingerprint density at radius 3 is 2.40 bits per heavy atom. The molecule has 11 heteroatoms. The molecule has 3 N–H and O–H groups in total. The maximum atomic E-state index is 13.6. The van der Waals surface area contributed by atoms with Crippen molar-refractivity contribution in [3.8, 4) is 11.5 Å². The van der Waals surface area contributed by atoms with E-state index in [-0.39, 0.29) is 35.0 Å². The lowest BCUT2D eigenvalue weighted by Gasteiger charge is -2.25. The predicted octanol–water partition coefficient (Wildman–Crippen LogP) is 4.35. The number of para-hydroxylation sites is 1. The van der Waals surface area contributed by atoms with Crippen LogP contribution in [0.4, 0.5) is 16.4 Å². The maximum Gasteiger partial charge on any atom is 0.412 e. The van der Waals surface area contributed by atoms with Crippen LogP contribution in [0.25, 0.3) is 10.9 Å². The molecule has 222 valence electrons. The summed E-state index contributed by atoms with van der Waals surface area (Å²) >= 11 is 0. The number of hydrogen-bond donors (Lipinski definition) is 3. The van der Waals surface area contributed by atoms with Crippen LogP contribution in [0.2, 0.25) is 0 Å². The molecule has 0 bridgehead atoms. The van der Waals surface area contributed by atoms with Crippen LogP contribution in [-0.4, -0.2) is 53.0 Å². The highest BCUT2D eigenvalue weighted by atomic mass is 16.6. The summed E-state index contributed by atoms with van der Waals surface area (Å²) in [6.07, 6.45) is -0.502. The van der Waals surface area contributed by atoms with Crippen molar-refractivity contribution in [1.29, 1.82) is 0 Å². The Labute approximate surface area is 248 Å². The van der Waals surface area contributed by atoms with Crippen molar-refractivity contribution in [2.45, 2.75) is 25.9 Å². The van der Waals surface area contributed by atoms with Crippen LogP contribution in [0.15, 0.2) is 65.5 Å². The van der Waals surface area contributed by atoms with Crippen molar-refractivity contribution in [3.05, 3.63) is 87.7 Å². The molecule has 1 aliphatic carbocycles. The lowest BCUT2D eigenvalue weighted by Crippen LogP contribution is -2.38. The summed E-state index contributed by atoms with van der Waals surface area (Å²) in [6.45, 7) is 5.14. The summed E-state index contributed by atoms with van der Waals surface area (Å²) in [6, 6.07) is 17.0. The van der Waals surface area contributed by atoms with E-state index < -0.39 is 12.1 Å². The molecule has 2 fully saturated rings. The molecule has 0 radical (unpaired) electrons. The molecule has 1 saturated carbocycles. The first-order valence-electron chi connectivity index (χ1n) is 14.1. The number of carbonyl (C=O) groups excluding carboxylic acids is 1. The van der Waals surface area contributed by atoms with Gasteiger partial charge in [0, 0.05) is 49.3 Å². The molecule has 4 aromatic rings. The molecule has 1 aromatic heterocycles. The number of rotatable bonds is 8. The average Bonchev–Trinajstić information content (AvgIpc) is 3.40. The standard InChI is InChI=1S/C32H33N5O6/c1-17-13-22(18(2)33-26-8-6-5-7-21(26)30(39)40)27-23(14-17)29(38)36(3)31(34-27)37-15-24-25(16-37)28(24)35-32(41)43-20-11-9-19(42-4)10-12-20/h5-14,18,24-25,28,33H,15-16H2,1-4H3,(H,35,41)(H,39,40). The highest BCUT2D eigenvalue weighted by Gasteiger charge is 2.57. The molecule has 43 heavy (non-hydrogen) atoms. The van der Waals surface area contributed by atoms with E-state index in [4.69, 9.17) is 14.5 Å². The lowest BCUT2D eigenvalue weighted by molar-refractivity contribution is 0.0697. The number of ether oxygens (including phenoxy) is 2. The third kappa shape index (κ3) is 5.33. The van der Waals surface area contributed by atoms with Gasteiger partial charge in [0.15, 0.2) is 0 Å². The highest BCUT2D eigenvalue weighted by Crippen LogP contribution is 2.46. The van der Waals surface area contributed by atoms with Crippen molar-refractivity contribution in [2.75, 3.05) is 30.4 Å². The largest absolute Gasteiger partial charge is 0.497 e. The fraction of sp³-hybridized carbons (Fsp3) is 0.312. The molecule has 0 spiro atoms. The molecule has 1 amide bonds. The number of benzene rings is 3. The second-order valence-electron chi connectivity index (χ2n) is 11.2. The van der Waals surface area contributed by atoms with Gasteiger partial charge in [-0.25, -0.2) is 14.6 Å². The number of nitrogens with zero attached hydrogens (tertiary/aromatic N) is 3. The van der Waals surface area contributed by atoms with E-state index in [1.54, 1.807) is 67.3 Å². The molecule has 3 aromatic carbocycles. The number of methoxy groups -OCH3 is 1. The van der Waals surface area contributed by atoms with Gasteiger partial charge >= 0.3 is 12.1 Å². The third-order valence-corrected chi connectivity index (χ3v) is 8.36. The lowest BCUT2D eigenvalue weighted by atomic mass is 10.0. The average molecular weight is 584 g/mol. The first-order chi connectivity index (χ1) is 20.6. The number of carboxylic acid groups (broad SMARTS) is 1. The fourth-order valence-electron chi connectivity index (χ4n) is 6.08. The molecule has 6 rings (SSSR count). The van der Waals surface area contributed by atoms with Gasteiger partial charge in [0.1, 0.15) is 11.5 Å². The minimum absolute atomic E-state index is 0.00350. The number of nitrogens with one attached hydrogen (secondary N) is 2. The fourth-order valence-corrected chi connectivity index (χ4v) is 6.08. The van der Waals surface area contributed by atoms with Crippen molar-refractivity contribution >= 4 is 34.6 Å². The maximum absolute atomic E-state index is 13.6. The van der Waals surface area contributed by atoms with Crippen molar-refractivity contribution in [2.24, 2.45) is 18.9 Å². The van der Waals surface area contributed by atoms with Crippen LogP contribution in [0.5, 0.6) is 11.5 Å². The molecule has 11 nitrogen and oxygen atoms in total. The van der Waals surface area contributed by atoms with Crippen molar-refractivity contribution in [1.82, 2.24) is 14.9 Å². The topological polar surface area (TPSA) is 135 Å². The van der Waals surface area contributed by atoms with E-state index in [0.717, 1.165) is 11.1 Å². The van der Waals surface area contributed by atoms with E-state index in [1.807, 2.05) is 26.0 Å². The first-order valence-corrected chi connectivity index (χ1v) is 14.1. The highest BCUT2D eigenvalue weighted by molar-refractivity contribution is 5.94. The second kappa shape index (κ2) is 11.0. The first kappa shape index (κ1) is 28.1. The number of fused-ring (bicyclic) bond motifs is 2. The van der Waals surface area contributed by atoms with Gasteiger partial charge in [-0.3, -0.25) is 9.36 Å². The summed E-state index contributed by atoms with van der Waals surface area (Å²) < 4.78 is 12.1. The number of amides is 1. The Hall–Kier alpha value is -5.06. The quantitative estimate of drug-likeness (QED) is 0.277. The normalized spacial score (nSPS) is 19.4. The summed E-state index contributed by atoms with van der Waals surface area (Å²) in [5.74, 6) is 1.10. The monoisotopic (exact) mass is 583 g/mol. The molecular formula is C32H33N5O6. The second-order valence-corrected chi connectivity index (χ2v) is 11.2. The predicted molar refractivity (Wildman–Crippen MR) is 162 cm³/mol. The Balaban J connectivity index is 1.20. The Kier molecular flexibility index (Phi) is 7.17. The summed E-state index contributed by atoms with van der Waals surface area (Å²) in [4.78, 5) is 44.9. The Morgan fingerprint density at radius 1 is 1.05 bits per heavy atom. The van der Waals surface area contributed by atoms with Crippen LogP contribution >= 0.6 is 0 Å². The summed E-state index contributed by atoms with van der Waals surface area (Å²) in [5, 5.41) is 16.4. The summed E-state index contributed by atoms with van der Waals surface area (Å²) in [7, 11) is 3.30. The molecule has 1 aliphatic heterocycles. The van der Waals surface area contributed by atoms with Gasteiger partial charge in [0.05, 0.1) is 29.6 Å². The van der Waals surface area contributed by atoms with Gasteiger partial charge in [-0.05, 0) is 61.9 Å². The van der Waals surface area contributed by atoms with E-state index in [9.17, 15) is 19.5 Å². The Bertz CT molecular complexity index is 1770. The summed E-state index contributed by atoms with van der Waals surface area (Å²) in [5.41, 5.74) is 2.80. The zero-order chi connectivity index (χ0) is 30.4. The molecule has 2 heterocycles. The van der Waals surface area contributed by atoms with E-state index >= 15 is 0 Å². The number of carbonyl (C=O) groups is 2. The van der Waals surface area contributed by atoms with Crippen LogP contribution in [0.3, 0.4) is 0 Å². The van der Waals surface area contributed by atoms with Crippen LogP contribution < -0.4 is 30.6 Å². The number of aryl methyl sites for hydroxylation is 1. The van der Waals surface area contributed by atoms with Gasteiger partial charge < -0.3 is 30.1 Å². The third-order valence-electron chi connectivity index (χ3n) is 8.36. The minimum atomic E-state index is -1.02. The van der Waals surface area contributed by atoms with Crippen molar-refractivity contribution in [3.63, 3.8) is 0 Å². The molecular weight excluding hydrogens is 550 g/mol. The van der Waals surface area contributed by atoms with Gasteiger partial charge in [-0.15, -0.1) is 0 Å². The van der Waals surface area contributed by atoms with E-state index in [0.29, 0.717) is 47.1 Å². The van der Waals surface area contributed by atoms with E-state index in [2.05, 4.69) is 15.5 Å². The number of piperidine rings is 1. The molecule has 1 saturated heterocycles. The van der Waals surface area contributed by atoms with Crippen molar-refractivity contribution < 1.29 is 24.2 Å². The van der Waals surface area contributed by atoms with Crippen LogP contribution in [-0.2, 0) is 7.05 Å². The zero-order valence-corrected chi connectivity index (χ0v) is 24.3. The zero-order valence-electron chi connectivity index (χ0n) is 24.3. The molecule has 2 aliphatic rings. The van der Waals surface area contributed by atoms with E-state index in [1.165, 1.54) is 0 Å². The van der Waals surface area contributed by atoms with Gasteiger partial charge in [-0.2, -0.15) is 0 Å². The smallest absolute Gasteiger partial charge is 0.412 e. The minimum Gasteiger partial charge on any atom is -0.497 e. The number of hydrogen-bond acceptors (Lipinski definition) is 8. The number of aromatic nitrogens is 2. The SMILES string of the molecule is COc1ccc(OC(=O)NC2C3CN(c4nc5c(C(C)Nc6ccccc6C(=O)O)cc(C)cc5c(=O)n4C)CC32)cc1. The number of carboxylic acids is 1. The van der Waals surface area contributed by atoms with Gasteiger partial charge in [0.25, 0.3) is 5.56 Å². The van der Waals surface area contributed by atoms with Crippen LogP contribution in [0.1, 0.15) is 34.5 Å².